The number of rotatable bonds is 4. The first kappa shape index (κ1) is 18.9. The average molecular weight is 396 g/mol. The van der Waals surface area contributed by atoms with Crippen LogP contribution in [0.15, 0.2) is 47.4 Å². The molecule has 0 spiro atoms. The Morgan fingerprint density at radius 2 is 1.96 bits per heavy atom. The van der Waals surface area contributed by atoms with Crippen LogP contribution in [0, 0.1) is 0 Å². The van der Waals surface area contributed by atoms with Crippen LogP contribution in [0.2, 0.25) is 0 Å². The monoisotopic (exact) mass is 395 g/mol. The number of nitrogens with one attached hydrogen (secondary N) is 1. The molecule has 1 saturated heterocycles. The molecule has 6 heteroatoms. The van der Waals surface area contributed by atoms with Crippen LogP contribution in [0.3, 0.4) is 0 Å². The van der Waals surface area contributed by atoms with E-state index in [9.17, 15) is 9.59 Å². The zero-order valence-electron chi connectivity index (χ0n) is 16.3. The summed E-state index contributed by atoms with van der Waals surface area (Å²) in [6, 6.07) is 13.2. The summed E-state index contributed by atoms with van der Waals surface area (Å²) < 4.78 is 0. The molecule has 2 aromatic rings. The molecule has 146 valence electrons. The minimum absolute atomic E-state index is 0.0870. The maximum atomic E-state index is 12.9. The smallest absolute Gasteiger partial charge is 0.257 e. The molecule has 1 fully saturated rings. The first-order valence-corrected chi connectivity index (χ1v) is 11.0. The normalized spacial score (nSPS) is 18.5. The molecule has 1 atom stereocenters. The summed E-state index contributed by atoms with van der Waals surface area (Å²) in [7, 11) is 0. The highest BCUT2D eigenvalue weighted by Gasteiger charge is 2.38. The molecular formula is C22H25N3O2S. The van der Waals surface area contributed by atoms with E-state index in [0.29, 0.717) is 11.1 Å². The summed E-state index contributed by atoms with van der Waals surface area (Å²) in [5, 5.41) is 2.95. The zero-order chi connectivity index (χ0) is 19.7. The molecule has 2 aromatic carbocycles. The fourth-order valence-corrected chi connectivity index (χ4v) is 4.55. The van der Waals surface area contributed by atoms with Crippen LogP contribution in [0.1, 0.15) is 46.9 Å². The molecule has 2 heterocycles. The molecule has 2 aliphatic rings. The van der Waals surface area contributed by atoms with Crippen molar-refractivity contribution in [2.24, 2.45) is 0 Å². The maximum Gasteiger partial charge on any atom is 0.257 e. The number of anilines is 2. The van der Waals surface area contributed by atoms with Crippen LogP contribution in [-0.4, -0.2) is 42.2 Å². The third kappa shape index (κ3) is 3.37. The highest BCUT2D eigenvalue weighted by atomic mass is 32.2. The van der Waals surface area contributed by atoms with E-state index >= 15 is 0 Å². The van der Waals surface area contributed by atoms with E-state index < -0.39 is 0 Å². The fourth-order valence-electron chi connectivity index (χ4n) is 4.14. The minimum Gasteiger partial charge on any atom is -0.351 e. The van der Waals surface area contributed by atoms with Gasteiger partial charge in [-0.2, -0.15) is 0 Å². The molecule has 0 saturated carbocycles. The molecule has 0 aromatic heterocycles. The largest absolute Gasteiger partial charge is 0.351 e. The van der Waals surface area contributed by atoms with Gasteiger partial charge in [-0.15, -0.1) is 11.8 Å². The first-order chi connectivity index (χ1) is 13.6. The second-order valence-electron chi connectivity index (χ2n) is 7.18. The summed E-state index contributed by atoms with van der Waals surface area (Å²) in [4.78, 5) is 31.1. The van der Waals surface area contributed by atoms with Crippen LogP contribution in [0.4, 0.5) is 11.4 Å². The van der Waals surface area contributed by atoms with Gasteiger partial charge >= 0.3 is 0 Å². The fraction of sp³-hybridized carbons (Fsp3) is 0.364. The molecule has 2 aliphatic heterocycles. The Bertz CT molecular complexity index is 897. The van der Waals surface area contributed by atoms with Crippen molar-refractivity contribution in [2.75, 3.05) is 29.6 Å². The van der Waals surface area contributed by atoms with Gasteiger partial charge in [-0.05, 0) is 74.9 Å². The van der Waals surface area contributed by atoms with E-state index in [1.807, 2.05) is 41.5 Å². The Morgan fingerprint density at radius 1 is 1.18 bits per heavy atom. The number of piperidine rings is 1. The van der Waals surface area contributed by atoms with Crippen molar-refractivity contribution >= 4 is 35.0 Å². The van der Waals surface area contributed by atoms with E-state index in [1.165, 1.54) is 0 Å². The first-order valence-electron chi connectivity index (χ1n) is 9.79. The predicted molar refractivity (Wildman–Crippen MR) is 114 cm³/mol. The summed E-state index contributed by atoms with van der Waals surface area (Å²) in [6.07, 6.45) is 5.31. The van der Waals surface area contributed by atoms with Crippen molar-refractivity contribution in [3.63, 3.8) is 0 Å². The number of nitrogens with zero attached hydrogens (tertiary/aromatic N) is 2. The van der Waals surface area contributed by atoms with Gasteiger partial charge in [0.05, 0.1) is 11.3 Å². The number of carbonyl (C=O) groups is 2. The van der Waals surface area contributed by atoms with Gasteiger partial charge in [0, 0.05) is 29.2 Å². The molecule has 2 amide bonds. The lowest BCUT2D eigenvalue weighted by Gasteiger charge is -2.47. The van der Waals surface area contributed by atoms with E-state index in [2.05, 4.69) is 17.1 Å². The predicted octanol–water partition coefficient (Wildman–Crippen LogP) is 4.45. The topological polar surface area (TPSA) is 52.7 Å². The lowest BCUT2D eigenvalue weighted by molar-refractivity contribution is 0.0582. The van der Waals surface area contributed by atoms with E-state index in [4.69, 9.17) is 0 Å². The second-order valence-corrected chi connectivity index (χ2v) is 8.06. The Labute approximate surface area is 170 Å². The lowest BCUT2D eigenvalue weighted by atomic mass is 9.97. The quantitative estimate of drug-likeness (QED) is 0.777. The Morgan fingerprint density at radius 3 is 2.68 bits per heavy atom. The summed E-state index contributed by atoms with van der Waals surface area (Å²) in [5.41, 5.74) is 2.91. The second kappa shape index (κ2) is 7.87. The van der Waals surface area contributed by atoms with E-state index in [1.54, 1.807) is 23.9 Å². The van der Waals surface area contributed by atoms with Gasteiger partial charge in [-0.25, -0.2) is 0 Å². The third-order valence-corrected chi connectivity index (χ3v) is 6.32. The standard InChI is InChI=1S/C22H25N3O2S/c1-3-24-19-14-15(21(26)23-16-8-10-17(28-2)11-9-16)7-12-18(19)22(27)25-13-5-4-6-20(24)25/h7-12,14,20H,3-6,13H2,1-2H3,(H,23,26)/t20-/m0/s1. The van der Waals surface area contributed by atoms with Crippen molar-refractivity contribution in [3.05, 3.63) is 53.6 Å². The summed E-state index contributed by atoms with van der Waals surface area (Å²) in [6.45, 7) is 3.72. The van der Waals surface area contributed by atoms with Crippen molar-refractivity contribution < 1.29 is 9.59 Å². The van der Waals surface area contributed by atoms with Crippen molar-refractivity contribution in [2.45, 2.75) is 37.2 Å². The van der Waals surface area contributed by atoms with Crippen molar-refractivity contribution in [3.8, 4) is 0 Å². The van der Waals surface area contributed by atoms with Crippen molar-refractivity contribution in [1.82, 2.24) is 4.90 Å². The molecule has 0 bridgehead atoms. The number of hydrogen-bond donors (Lipinski definition) is 1. The number of benzene rings is 2. The maximum absolute atomic E-state index is 12.9. The van der Waals surface area contributed by atoms with Crippen LogP contribution in [0.5, 0.6) is 0 Å². The summed E-state index contributed by atoms with van der Waals surface area (Å²) in [5.74, 6) is -0.0710. The van der Waals surface area contributed by atoms with Crippen LogP contribution >= 0.6 is 11.8 Å². The molecule has 0 unspecified atom stereocenters. The molecule has 5 nitrogen and oxygen atoms in total. The molecular weight excluding hydrogens is 370 g/mol. The number of hydrogen-bond acceptors (Lipinski definition) is 4. The van der Waals surface area contributed by atoms with Gasteiger partial charge in [0.2, 0.25) is 0 Å². The van der Waals surface area contributed by atoms with E-state index in [0.717, 1.165) is 48.6 Å². The average Bonchev–Trinajstić information content (AvgIpc) is 2.74. The van der Waals surface area contributed by atoms with Crippen molar-refractivity contribution in [1.29, 1.82) is 0 Å². The molecule has 0 radical (unpaired) electrons. The molecule has 1 N–H and O–H groups in total. The van der Waals surface area contributed by atoms with Crippen LogP contribution in [-0.2, 0) is 0 Å². The number of fused-ring (bicyclic) bond motifs is 2. The molecule has 28 heavy (non-hydrogen) atoms. The Balaban J connectivity index is 1.62. The zero-order valence-corrected chi connectivity index (χ0v) is 17.1. The molecule has 0 aliphatic carbocycles. The number of carbonyl (C=O) groups excluding carboxylic acids is 2. The SMILES string of the molecule is CCN1c2cc(C(=O)Nc3ccc(SC)cc3)ccc2C(=O)N2CCCC[C@H]21. The van der Waals surface area contributed by atoms with Gasteiger partial charge < -0.3 is 15.1 Å². The van der Waals surface area contributed by atoms with Gasteiger partial charge in [-0.1, -0.05) is 0 Å². The number of thioether (sulfide) groups is 1. The van der Waals surface area contributed by atoms with Gasteiger partial charge in [0.25, 0.3) is 11.8 Å². The number of amides is 2. The minimum atomic E-state index is -0.158. The lowest BCUT2D eigenvalue weighted by Crippen LogP contribution is -2.57. The van der Waals surface area contributed by atoms with Gasteiger partial charge in [0.15, 0.2) is 0 Å². The Kier molecular flexibility index (Phi) is 5.31. The highest BCUT2D eigenvalue weighted by molar-refractivity contribution is 7.98. The Hall–Kier alpha value is -2.47. The van der Waals surface area contributed by atoms with Crippen LogP contribution < -0.4 is 10.2 Å². The van der Waals surface area contributed by atoms with Crippen LogP contribution in [0.25, 0.3) is 0 Å². The highest BCUT2D eigenvalue weighted by Crippen LogP contribution is 2.35. The van der Waals surface area contributed by atoms with Gasteiger partial charge in [0.1, 0.15) is 6.17 Å². The molecule has 4 rings (SSSR count). The summed E-state index contributed by atoms with van der Waals surface area (Å²) >= 11 is 1.67. The van der Waals surface area contributed by atoms with Gasteiger partial charge in [-0.3, -0.25) is 9.59 Å². The van der Waals surface area contributed by atoms with E-state index in [-0.39, 0.29) is 18.0 Å². The third-order valence-electron chi connectivity index (χ3n) is 5.58.